The molecule has 0 amide bonds. The summed E-state index contributed by atoms with van der Waals surface area (Å²) < 4.78 is 68.0. The highest BCUT2D eigenvalue weighted by Gasteiger charge is 2.84. The minimum Gasteiger partial charge on any atom is -0.497 e. The van der Waals surface area contributed by atoms with Gasteiger partial charge in [0, 0.05) is 31.6 Å². The van der Waals surface area contributed by atoms with Crippen molar-refractivity contribution in [1.82, 2.24) is 19.7 Å². The van der Waals surface area contributed by atoms with E-state index in [0.29, 0.717) is 25.3 Å². The summed E-state index contributed by atoms with van der Waals surface area (Å²) >= 11 is 0. The van der Waals surface area contributed by atoms with Gasteiger partial charge in [-0.25, -0.2) is 9.35 Å². The van der Waals surface area contributed by atoms with Crippen LogP contribution in [0.15, 0.2) is 85.1 Å². The molecule has 1 saturated carbocycles. The van der Waals surface area contributed by atoms with Crippen molar-refractivity contribution in [2.45, 2.75) is 125 Å². The number of methoxy groups -OCH3 is 2. The average molecular weight is 855 g/mol. The van der Waals surface area contributed by atoms with Crippen LogP contribution < -0.4 is 9.47 Å². The number of benzene rings is 3. The molecule has 2 radical (unpaired) electrons. The Hall–Kier alpha value is -3.47. The predicted molar refractivity (Wildman–Crippen MR) is 226 cm³/mol. The summed E-state index contributed by atoms with van der Waals surface area (Å²) in [6.45, 7) is 11.7. The fourth-order valence-electron chi connectivity index (χ4n) is 10.3. The molecule has 10 atom stereocenters. The number of ether oxygens (including phenoxy) is 8. The summed E-state index contributed by atoms with van der Waals surface area (Å²) in [5.41, 5.74) is -0.179. The third-order valence-electron chi connectivity index (χ3n) is 13.1. The number of nitrogens with zero attached hydrogens (tertiary/aromatic N) is 4. The van der Waals surface area contributed by atoms with E-state index in [-0.39, 0.29) is 49.7 Å². The van der Waals surface area contributed by atoms with Gasteiger partial charge in [-0.1, -0.05) is 59.8 Å². The van der Waals surface area contributed by atoms with Crippen molar-refractivity contribution in [2.24, 2.45) is 0 Å². The number of hydrogen-bond acceptors (Lipinski definition) is 13. The van der Waals surface area contributed by atoms with E-state index in [2.05, 4.69) is 54.8 Å². The van der Waals surface area contributed by atoms with Crippen LogP contribution >= 0.6 is 8.53 Å². The summed E-state index contributed by atoms with van der Waals surface area (Å²) in [7, 11) is 10.3. The highest BCUT2D eigenvalue weighted by Crippen LogP contribution is 2.66. The molecule has 14 nitrogen and oxygen atoms in total. The van der Waals surface area contributed by atoms with Gasteiger partial charge in [0.1, 0.15) is 60.2 Å². The van der Waals surface area contributed by atoms with Gasteiger partial charge in [-0.3, -0.25) is 0 Å². The van der Waals surface area contributed by atoms with Crippen molar-refractivity contribution in [3.05, 3.63) is 107 Å². The quantitative estimate of drug-likeness (QED) is 0.0630. The lowest BCUT2D eigenvalue weighted by molar-refractivity contribution is -0.395. The van der Waals surface area contributed by atoms with Crippen molar-refractivity contribution in [3.8, 4) is 11.5 Å². The van der Waals surface area contributed by atoms with Crippen molar-refractivity contribution in [2.75, 3.05) is 34.5 Å². The van der Waals surface area contributed by atoms with Crippen LogP contribution in [-0.4, -0.2) is 127 Å². The van der Waals surface area contributed by atoms with Crippen molar-refractivity contribution >= 4 is 16.4 Å². The first kappa shape index (κ1) is 42.8. The monoisotopic (exact) mass is 854 g/mol. The SMILES string of the molecule is [B][C@@H]1O[C@@]2(COC(c3ccccc3)(c3ccc(OC)cc3)c3ccc(OC)cc3)CC3OC1C32OCc1cn(C[C@]23COC(C2OP(OC)N(C(C)C)C(C)C)[C@H](C)O3)nn1. The molecular formula is C45H56BN4O10P. The van der Waals surface area contributed by atoms with E-state index in [1.807, 2.05) is 79.9 Å². The first-order valence-electron chi connectivity index (χ1n) is 21.1. The Labute approximate surface area is 360 Å². The van der Waals surface area contributed by atoms with Crippen LogP contribution in [-0.2, 0) is 56.2 Å². The second-order valence-electron chi connectivity index (χ2n) is 17.3. The van der Waals surface area contributed by atoms with Gasteiger partial charge in [0.05, 0.1) is 59.0 Å². The Morgan fingerprint density at radius 1 is 0.902 bits per heavy atom. The molecule has 5 aliphatic rings. The Morgan fingerprint density at radius 3 is 2.11 bits per heavy atom. The van der Waals surface area contributed by atoms with Crippen molar-refractivity contribution in [1.29, 1.82) is 0 Å². The van der Waals surface area contributed by atoms with E-state index in [9.17, 15) is 0 Å². The summed E-state index contributed by atoms with van der Waals surface area (Å²) in [6, 6.07) is 25.9. The molecule has 5 fully saturated rings. The maximum Gasteiger partial charge on any atom is 0.259 e. The molecule has 1 aromatic heterocycles. The molecular weight excluding hydrogens is 798 g/mol. The maximum absolute atomic E-state index is 7.36. The molecule has 324 valence electrons. The Balaban J connectivity index is 0.964. The number of rotatable bonds is 19. The smallest absolute Gasteiger partial charge is 0.259 e. The number of fused-ring (bicyclic) bond motifs is 2. The Bertz CT molecular complexity index is 2080. The van der Waals surface area contributed by atoms with Gasteiger partial charge in [0.15, 0.2) is 5.60 Å². The normalized spacial score (nSPS) is 31.7. The summed E-state index contributed by atoms with van der Waals surface area (Å²) in [5.74, 6) is 1.48. The highest BCUT2D eigenvalue weighted by atomic mass is 31.2. The standard InChI is InChI=1S/C45H56BN4O10P/c1-28(2)50(29(3)4)61(53-8)60-39-38-30(5)58-42(39,26-54-38)25-49-23-34(47-48-49)24-55-45-37-22-43(45,59-41(46)40(45)57-37)27-56-44(31-12-10-9-11-13-31,32-14-18-35(51-6)19-15-32)33-16-20-36(52-7)21-17-33/h9-21,23,28-30,37-41H,22,24-27H2,1-8H3/t30-,37?,38?,39?,40?,41+,42-,43+,45?,61?/m0/s1. The molecule has 6 unspecified atom stereocenters. The van der Waals surface area contributed by atoms with Crippen LogP contribution in [0.5, 0.6) is 11.5 Å². The van der Waals surface area contributed by atoms with Crippen LogP contribution in [0.25, 0.3) is 0 Å². The van der Waals surface area contributed by atoms with Gasteiger partial charge >= 0.3 is 0 Å². The maximum atomic E-state index is 7.36. The van der Waals surface area contributed by atoms with E-state index in [1.54, 1.807) is 26.0 Å². The van der Waals surface area contributed by atoms with E-state index in [0.717, 1.165) is 28.2 Å². The van der Waals surface area contributed by atoms with Gasteiger partial charge in [-0.2, -0.15) is 0 Å². The second-order valence-corrected chi connectivity index (χ2v) is 18.8. The largest absolute Gasteiger partial charge is 0.497 e. The Kier molecular flexibility index (Phi) is 11.6. The minimum absolute atomic E-state index is 0.158. The summed E-state index contributed by atoms with van der Waals surface area (Å²) in [4.78, 5) is 0. The zero-order valence-electron chi connectivity index (χ0n) is 36.1. The molecule has 4 saturated heterocycles. The summed E-state index contributed by atoms with van der Waals surface area (Å²) in [5, 5.41) is 9.08. The third kappa shape index (κ3) is 6.95. The fraction of sp³-hybridized carbons (Fsp3) is 0.556. The molecule has 9 rings (SSSR count). The molecule has 4 aliphatic heterocycles. The zero-order chi connectivity index (χ0) is 42.7. The second kappa shape index (κ2) is 16.6. The van der Waals surface area contributed by atoms with Crippen LogP contribution in [0.4, 0.5) is 0 Å². The van der Waals surface area contributed by atoms with Gasteiger partial charge in [-0.15, -0.1) is 5.10 Å². The molecule has 4 aromatic rings. The Morgan fingerprint density at radius 2 is 1.54 bits per heavy atom. The molecule has 2 bridgehead atoms. The van der Waals surface area contributed by atoms with Crippen molar-refractivity contribution in [3.63, 3.8) is 0 Å². The molecule has 0 spiro atoms. The minimum atomic E-state index is -1.37. The molecule has 61 heavy (non-hydrogen) atoms. The third-order valence-corrected chi connectivity index (χ3v) is 15.1. The highest BCUT2D eigenvalue weighted by molar-refractivity contribution is 7.44. The number of aromatic nitrogens is 3. The zero-order valence-corrected chi connectivity index (χ0v) is 37.0. The summed E-state index contributed by atoms with van der Waals surface area (Å²) in [6.07, 6.45) is 0.997. The number of hydrogen-bond donors (Lipinski definition) is 0. The van der Waals surface area contributed by atoms with Gasteiger partial charge in [-0.05, 0) is 75.6 Å². The van der Waals surface area contributed by atoms with Gasteiger partial charge in [0.25, 0.3) is 8.53 Å². The lowest BCUT2D eigenvalue weighted by atomic mass is 9.56. The topological polar surface area (TPSA) is 126 Å². The lowest BCUT2D eigenvalue weighted by Gasteiger charge is -2.66. The van der Waals surface area contributed by atoms with E-state index in [1.165, 1.54) is 0 Å². The first-order chi connectivity index (χ1) is 29.4. The van der Waals surface area contributed by atoms with Crippen LogP contribution in [0.2, 0.25) is 0 Å². The van der Waals surface area contributed by atoms with Crippen LogP contribution in [0.3, 0.4) is 0 Å². The van der Waals surface area contributed by atoms with Crippen LogP contribution in [0, 0.1) is 0 Å². The van der Waals surface area contributed by atoms with Gasteiger partial charge in [0.2, 0.25) is 0 Å². The molecule has 5 heterocycles. The predicted octanol–water partition coefficient (Wildman–Crippen LogP) is 5.93. The average Bonchev–Trinajstić information content (AvgIpc) is 3.91. The molecule has 1 aliphatic carbocycles. The molecule has 16 heteroatoms. The van der Waals surface area contributed by atoms with E-state index >= 15 is 0 Å². The fourth-order valence-corrected chi connectivity index (χ4v) is 12.0. The molecule has 0 N–H and O–H groups in total. The van der Waals surface area contributed by atoms with Gasteiger partial charge < -0.3 is 46.9 Å². The van der Waals surface area contributed by atoms with Crippen LogP contribution in [0.1, 0.15) is 63.4 Å². The van der Waals surface area contributed by atoms with E-state index in [4.69, 9.17) is 54.8 Å². The lowest BCUT2D eigenvalue weighted by Crippen LogP contribution is -2.84. The van der Waals surface area contributed by atoms with E-state index < -0.39 is 43.0 Å². The molecule has 3 aromatic carbocycles. The first-order valence-corrected chi connectivity index (χ1v) is 22.2. The van der Waals surface area contributed by atoms with Crippen molar-refractivity contribution < 1.29 is 46.9 Å².